The van der Waals surface area contributed by atoms with Crippen molar-refractivity contribution < 1.29 is 14.8 Å². The number of rotatable bonds is 10. The normalized spacial score (nSPS) is 10.5. The summed E-state index contributed by atoms with van der Waals surface area (Å²) in [6.07, 6.45) is 0.970. The summed E-state index contributed by atoms with van der Waals surface area (Å²) in [7, 11) is 0. The maximum atomic E-state index is 11.3. The molecule has 1 aromatic carbocycles. The van der Waals surface area contributed by atoms with Crippen LogP contribution in [-0.2, 0) is 11.2 Å². The van der Waals surface area contributed by atoms with Crippen molar-refractivity contribution in [2.75, 3.05) is 29.7 Å². The van der Waals surface area contributed by atoms with Crippen LogP contribution in [0.25, 0.3) is 0 Å². The molecule has 122 valence electrons. The molecule has 0 heterocycles. The van der Waals surface area contributed by atoms with Gasteiger partial charge in [0.15, 0.2) is 0 Å². The predicted octanol–water partition coefficient (Wildman–Crippen LogP) is 3.29. The van der Waals surface area contributed by atoms with Gasteiger partial charge in [-0.05, 0) is 24.5 Å². The molecule has 1 rings (SSSR count). The van der Waals surface area contributed by atoms with Crippen LogP contribution in [0.4, 0.5) is 11.4 Å². The van der Waals surface area contributed by atoms with E-state index >= 15 is 0 Å². The molecule has 1 aromatic rings. The molecule has 6 nitrogen and oxygen atoms in total. The van der Waals surface area contributed by atoms with E-state index in [1.54, 1.807) is 17.0 Å². The highest BCUT2D eigenvalue weighted by molar-refractivity contribution is 6.18. The molecule has 0 atom stereocenters. The quantitative estimate of drug-likeness (QED) is 0.398. The lowest BCUT2D eigenvalue weighted by Crippen LogP contribution is -2.28. The number of carboxylic acid groups (broad SMARTS) is 1. The van der Waals surface area contributed by atoms with Crippen LogP contribution < -0.4 is 4.90 Å². The number of hydrogen-bond donors (Lipinski definition) is 1. The molecule has 0 saturated heterocycles. The molecule has 0 radical (unpaired) electrons. The monoisotopic (exact) mass is 348 g/mol. The number of carboxylic acids is 1. The van der Waals surface area contributed by atoms with Gasteiger partial charge in [0.05, 0.1) is 4.92 Å². The van der Waals surface area contributed by atoms with Crippen LogP contribution >= 0.6 is 23.2 Å². The van der Waals surface area contributed by atoms with Crippen LogP contribution in [0.15, 0.2) is 18.2 Å². The van der Waals surface area contributed by atoms with E-state index in [0.717, 1.165) is 5.56 Å². The molecule has 0 spiro atoms. The zero-order chi connectivity index (χ0) is 16.5. The molecule has 1 N–H and O–H groups in total. The van der Waals surface area contributed by atoms with E-state index in [9.17, 15) is 14.9 Å². The summed E-state index contributed by atoms with van der Waals surface area (Å²) in [5, 5.41) is 19.9. The molecule has 0 aliphatic carbocycles. The Bertz CT molecular complexity index is 520. The first-order chi connectivity index (χ1) is 10.5. The molecule has 0 aromatic heterocycles. The first-order valence-electron chi connectivity index (χ1n) is 6.85. The first kappa shape index (κ1) is 18.5. The van der Waals surface area contributed by atoms with Gasteiger partial charge in [0.2, 0.25) is 0 Å². The molecule has 0 amide bonds. The number of halogens is 2. The highest BCUT2D eigenvalue weighted by Gasteiger charge is 2.19. The summed E-state index contributed by atoms with van der Waals surface area (Å²) >= 11 is 11.5. The van der Waals surface area contributed by atoms with Crippen LogP contribution in [0.1, 0.15) is 18.4 Å². The minimum atomic E-state index is -0.874. The highest BCUT2D eigenvalue weighted by Crippen LogP contribution is 2.30. The molecular formula is C14H18Cl2N2O4. The summed E-state index contributed by atoms with van der Waals surface area (Å²) in [4.78, 5) is 23.1. The lowest BCUT2D eigenvalue weighted by Gasteiger charge is -2.22. The van der Waals surface area contributed by atoms with Crippen LogP contribution in [0.3, 0.4) is 0 Å². The van der Waals surface area contributed by atoms with E-state index in [2.05, 4.69) is 0 Å². The molecule has 0 aliphatic rings. The Hall–Kier alpha value is -1.53. The summed E-state index contributed by atoms with van der Waals surface area (Å²) < 4.78 is 0. The van der Waals surface area contributed by atoms with Gasteiger partial charge in [0.25, 0.3) is 5.69 Å². The van der Waals surface area contributed by atoms with E-state index in [0.29, 0.717) is 43.4 Å². The van der Waals surface area contributed by atoms with E-state index < -0.39 is 10.9 Å². The number of nitrogens with zero attached hydrogens (tertiary/aromatic N) is 2. The van der Waals surface area contributed by atoms with Gasteiger partial charge in [-0.3, -0.25) is 14.9 Å². The zero-order valence-electron chi connectivity index (χ0n) is 12.0. The predicted molar refractivity (Wildman–Crippen MR) is 87.3 cm³/mol. The molecular weight excluding hydrogens is 331 g/mol. The van der Waals surface area contributed by atoms with Crippen LogP contribution in [0, 0.1) is 10.1 Å². The SMILES string of the molecule is O=C(O)CCCc1ccc(N(CCCl)CCCl)c([N+](=O)[O-])c1. The number of nitro groups is 1. The number of alkyl halides is 2. The standard InChI is InChI=1S/C14H18Cl2N2O4/c15-6-8-17(9-7-16)12-5-4-11(2-1-3-14(19)20)10-13(12)18(21)22/h4-5,10H,1-3,6-9H2,(H,19,20). The number of aliphatic carboxylic acids is 1. The highest BCUT2D eigenvalue weighted by atomic mass is 35.5. The zero-order valence-corrected chi connectivity index (χ0v) is 13.5. The second-order valence-corrected chi connectivity index (χ2v) is 5.45. The van der Waals surface area contributed by atoms with Gasteiger partial charge in [0, 0.05) is 37.3 Å². The number of benzene rings is 1. The molecule has 0 fully saturated rings. The average Bonchev–Trinajstić information content (AvgIpc) is 2.46. The van der Waals surface area contributed by atoms with Crippen LogP contribution in [0.5, 0.6) is 0 Å². The van der Waals surface area contributed by atoms with Crippen molar-refractivity contribution in [1.29, 1.82) is 0 Å². The Morgan fingerprint density at radius 3 is 2.41 bits per heavy atom. The van der Waals surface area contributed by atoms with Crippen molar-refractivity contribution in [3.63, 3.8) is 0 Å². The molecule has 0 aliphatic heterocycles. The fraction of sp³-hybridized carbons (Fsp3) is 0.500. The fourth-order valence-electron chi connectivity index (χ4n) is 2.14. The molecule has 8 heteroatoms. The molecule has 22 heavy (non-hydrogen) atoms. The van der Waals surface area contributed by atoms with Gasteiger partial charge in [-0.1, -0.05) is 6.07 Å². The lowest BCUT2D eigenvalue weighted by atomic mass is 10.1. The van der Waals surface area contributed by atoms with Crippen molar-refractivity contribution in [2.24, 2.45) is 0 Å². The Balaban J connectivity index is 2.98. The molecule has 0 bridgehead atoms. The Morgan fingerprint density at radius 1 is 1.27 bits per heavy atom. The van der Waals surface area contributed by atoms with E-state index in [1.165, 1.54) is 6.07 Å². The fourth-order valence-corrected chi connectivity index (χ4v) is 2.55. The summed E-state index contributed by atoms with van der Waals surface area (Å²) in [5.74, 6) is -0.190. The number of aryl methyl sites for hydroxylation is 1. The van der Waals surface area contributed by atoms with Crippen molar-refractivity contribution in [3.8, 4) is 0 Å². The van der Waals surface area contributed by atoms with Gasteiger partial charge in [-0.2, -0.15) is 0 Å². The van der Waals surface area contributed by atoms with Gasteiger partial charge < -0.3 is 10.0 Å². The Labute approximate surface area is 138 Å². The second-order valence-electron chi connectivity index (χ2n) is 4.69. The van der Waals surface area contributed by atoms with Crippen molar-refractivity contribution in [1.82, 2.24) is 0 Å². The number of carbonyl (C=O) groups is 1. The summed E-state index contributed by atoms with van der Waals surface area (Å²) in [6.45, 7) is 0.932. The van der Waals surface area contributed by atoms with Crippen molar-refractivity contribution in [2.45, 2.75) is 19.3 Å². The Morgan fingerprint density at radius 2 is 1.91 bits per heavy atom. The van der Waals surface area contributed by atoms with Crippen molar-refractivity contribution in [3.05, 3.63) is 33.9 Å². The summed E-state index contributed by atoms with van der Waals surface area (Å²) in [5.41, 5.74) is 1.21. The third-order valence-corrected chi connectivity index (χ3v) is 3.48. The number of hydrogen-bond acceptors (Lipinski definition) is 4. The van der Waals surface area contributed by atoms with Crippen molar-refractivity contribution >= 4 is 40.5 Å². The topological polar surface area (TPSA) is 83.7 Å². The molecule has 0 unspecified atom stereocenters. The van der Waals surface area contributed by atoms with E-state index in [4.69, 9.17) is 28.3 Å². The minimum Gasteiger partial charge on any atom is -0.481 e. The average molecular weight is 349 g/mol. The maximum Gasteiger partial charge on any atom is 0.303 e. The molecule has 0 saturated carbocycles. The van der Waals surface area contributed by atoms with E-state index in [-0.39, 0.29) is 12.1 Å². The first-order valence-corrected chi connectivity index (χ1v) is 7.92. The number of nitro benzene ring substituents is 1. The largest absolute Gasteiger partial charge is 0.481 e. The third kappa shape index (κ3) is 5.69. The number of anilines is 1. The third-order valence-electron chi connectivity index (χ3n) is 3.14. The van der Waals surface area contributed by atoms with Gasteiger partial charge in [0.1, 0.15) is 5.69 Å². The smallest absolute Gasteiger partial charge is 0.303 e. The van der Waals surface area contributed by atoms with Crippen LogP contribution in [-0.4, -0.2) is 40.8 Å². The van der Waals surface area contributed by atoms with Gasteiger partial charge >= 0.3 is 5.97 Å². The maximum absolute atomic E-state index is 11.3. The van der Waals surface area contributed by atoms with Gasteiger partial charge in [-0.15, -0.1) is 23.2 Å². The lowest BCUT2D eigenvalue weighted by molar-refractivity contribution is -0.384. The van der Waals surface area contributed by atoms with E-state index in [1.807, 2.05) is 0 Å². The van der Waals surface area contributed by atoms with Gasteiger partial charge in [-0.25, -0.2) is 0 Å². The minimum absolute atomic E-state index is 0.0111. The Kier molecular flexibility index (Phi) is 7.98. The van der Waals surface area contributed by atoms with Crippen LogP contribution in [0.2, 0.25) is 0 Å². The second kappa shape index (κ2) is 9.48. The summed E-state index contributed by atoms with van der Waals surface area (Å²) in [6, 6.07) is 4.94.